The first-order valence-corrected chi connectivity index (χ1v) is 8.17. The summed E-state index contributed by atoms with van der Waals surface area (Å²) >= 11 is 0. The number of hydrogen-bond acceptors (Lipinski definition) is 6. The highest BCUT2D eigenvalue weighted by atomic mass is 32.2. The van der Waals surface area contributed by atoms with Crippen LogP contribution in [0.25, 0.3) is 11.1 Å². The number of nitrogens with zero attached hydrogens (tertiary/aromatic N) is 2. The van der Waals surface area contributed by atoms with Gasteiger partial charge in [0.25, 0.3) is 10.1 Å². The van der Waals surface area contributed by atoms with Gasteiger partial charge in [0.2, 0.25) is 0 Å². The molecule has 0 atom stereocenters. The normalized spacial score (nSPS) is 11.4. The van der Waals surface area contributed by atoms with Gasteiger partial charge in [0.05, 0.1) is 10.6 Å². The van der Waals surface area contributed by atoms with Crippen LogP contribution >= 0.6 is 0 Å². The molecule has 24 heavy (non-hydrogen) atoms. The second-order valence-electron chi connectivity index (χ2n) is 4.89. The summed E-state index contributed by atoms with van der Waals surface area (Å²) in [5.74, 6) is -0.658. The number of hydrogen-bond donors (Lipinski definition) is 1. The van der Waals surface area contributed by atoms with Gasteiger partial charge in [0.1, 0.15) is 0 Å². The van der Waals surface area contributed by atoms with Crippen molar-refractivity contribution >= 4 is 21.8 Å². The van der Waals surface area contributed by atoms with Gasteiger partial charge in [-0.1, -0.05) is 30.8 Å². The molecule has 0 bridgehead atoms. The molecule has 0 spiro atoms. The molecule has 0 radical (unpaired) electrons. The Morgan fingerprint density at radius 1 is 1.04 bits per heavy atom. The average molecular weight is 346 g/mol. The standard InChI is InChI=1S/C16H14N2O5S/c1-11(2)16(19)23-18-17-14-7-3-12(4-8-14)13-5-9-15(10-6-13)24(20,21)22/h3-10H,1H2,2H3,(H,20,21,22). The van der Waals surface area contributed by atoms with Crippen molar-refractivity contribution in [2.75, 3.05) is 0 Å². The highest BCUT2D eigenvalue weighted by Crippen LogP contribution is 2.24. The Labute approximate surface area is 139 Å². The maximum absolute atomic E-state index is 11.1. The molecule has 0 saturated carbocycles. The summed E-state index contributed by atoms with van der Waals surface area (Å²) in [5, 5.41) is 7.06. The Kier molecular flexibility index (Phi) is 5.22. The fourth-order valence-corrected chi connectivity index (χ4v) is 2.20. The van der Waals surface area contributed by atoms with E-state index in [2.05, 4.69) is 21.8 Å². The third kappa shape index (κ3) is 4.58. The minimum atomic E-state index is -4.21. The Morgan fingerprint density at radius 3 is 2.00 bits per heavy atom. The van der Waals surface area contributed by atoms with E-state index in [-0.39, 0.29) is 10.5 Å². The van der Waals surface area contributed by atoms with Gasteiger partial charge in [-0.05, 0) is 42.3 Å². The summed E-state index contributed by atoms with van der Waals surface area (Å²) in [4.78, 5) is 15.5. The van der Waals surface area contributed by atoms with Gasteiger partial charge in [-0.15, -0.1) is 5.11 Å². The van der Waals surface area contributed by atoms with E-state index in [1.54, 1.807) is 36.4 Å². The third-order valence-corrected chi connectivity index (χ3v) is 3.85. The zero-order valence-electron chi connectivity index (χ0n) is 12.7. The van der Waals surface area contributed by atoms with Crippen LogP contribution in [0.15, 0.2) is 76.0 Å². The predicted octanol–water partition coefficient (Wildman–Crippen LogP) is 3.72. The van der Waals surface area contributed by atoms with Crippen molar-refractivity contribution in [2.24, 2.45) is 10.4 Å². The van der Waals surface area contributed by atoms with Crippen LogP contribution in [0.5, 0.6) is 0 Å². The zero-order valence-corrected chi connectivity index (χ0v) is 13.5. The maximum atomic E-state index is 11.1. The molecule has 7 nitrogen and oxygen atoms in total. The van der Waals surface area contributed by atoms with Gasteiger partial charge >= 0.3 is 5.97 Å². The number of carbonyl (C=O) groups is 1. The summed E-state index contributed by atoms with van der Waals surface area (Å²) in [5.41, 5.74) is 2.27. The first kappa shape index (κ1) is 17.5. The number of rotatable bonds is 5. The second-order valence-corrected chi connectivity index (χ2v) is 6.31. The zero-order chi connectivity index (χ0) is 17.7. The Bertz CT molecular complexity index is 885. The minimum absolute atomic E-state index is 0.170. The fraction of sp³-hybridized carbons (Fsp3) is 0.0625. The van der Waals surface area contributed by atoms with Gasteiger partial charge in [-0.2, -0.15) is 8.42 Å². The first-order valence-electron chi connectivity index (χ1n) is 6.73. The molecule has 0 aromatic heterocycles. The van der Waals surface area contributed by atoms with E-state index >= 15 is 0 Å². The summed E-state index contributed by atoms with van der Waals surface area (Å²) < 4.78 is 31.0. The van der Waals surface area contributed by atoms with E-state index in [1.165, 1.54) is 19.1 Å². The summed E-state index contributed by atoms with van der Waals surface area (Å²) in [6.07, 6.45) is 0. The van der Waals surface area contributed by atoms with Gasteiger partial charge in [0, 0.05) is 10.9 Å². The Morgan fingerprint density at radius 2 is 1.54 bits per heavy atom. The van der Waals surface area contributed by atoms with Crippen LogP contribution in [0, 0.1) is 0 Å². The lowest BCUT2D eigenvalue weighted by molar-refractivity contribution is -0.139. The van der Waals surface area contributed by atoms with Gasteiger partial charge < -0.3 is 0 Å². The van der Waals surface area contributed by atoms with E-state index in [4.69, 9.17) is 4.55 Å². The SMILES string of the molecule is C=C(C)C(=O)ON=Nc1ccc(-c2ccc(S(=O)(=O)O)cc2)cc1. The lowest BCUT2D eigenvalue weighted by atomic mass is 10.1. The van der Waals surface area contributed by atoms with Crippen molar-refractivity contribution < 1.29 is 22.6 Å². The fourth-order valence-electron chi connectivity index (χ4n) is 1.72. The molecule has 0 saturated heterocycles. The van der Waals surface area contributed by atoms with Crippen LogP contribution in [0.1, 0.15) is 6.92 Å². The lowest BCUT2D eigenvalue weighted by Crippen LogP contribution is -1.98. The van der Waals surface area contributed by atoms with Crippen LogP contribution in [0.3, 0.4) is 0 Å². The van der Waals surface area contributed by atoms with E-state index in [1.807, 2.05) is 0 Å². The van der Waals surface area contributed by atoms with Gasteiger partial charge in [-0.25, -0.2) is 4.79 Å². The molecule has 0 aliphatic rings. The average Bonchev–Trinajstić information content (AvgIpc) is 2.54. The van der Waals surface area contributed by atoms with Crippen molar-refractivity contribution in [1.29, 1.82) is 0 Å². The Hall–Kier alpha value is -2.84. The molecule has 2 rings (SSSR count). The molecule has 0 amide bonds. The smallest absolute Gasteiger partial charge is 0.295 e. The van der Waals surface area contributed by atoms with Gasteiger partial charge in [0.15, 0.2) is 0 Å². The maximum Gasteiger partial charge on any atom is 0.362 e. The second kappa shape index (κ2) is 7.16. The van der Waals surface area contributed by atoms with Crippen LogP contribution in [0.4, 0.5) is 5.69 Å². The molecule has 0 aliphatic heterocycles. The molecule has 8 heteroatoms. The van der Waals surface area contributed by atoms with E-state index < -0.39 is 16.1 Å². The van der Waals surface area contributed by atoms with Crippen LogP contribution in [0.2, 0.25) is 0 Å². The molecule has 2 aromatic carbocycles. The monoisotopic (exact) mass is 346 g/mol. The van der Waals surface area contributed by atoms with Gasteiger partial charge in [-0.3, -0.25) is 9.39 Å². The third-order valence-electron chi connectivity index (χ3n) is 2.98. The quantitative estimate of drug-likeness (QED) is 0.384. The van der Waals surface area contributed by atoms with Crippen LogP contribution in [-0.4, -0.2) is 18.9 Å². The minimum Gasteiger partial charge on any atom is -0.295 e. The van der Waals surface area contributed by atoms with Crippen LogP contribution in [-0.2, 0) is 19.8 Å². The van der Waals surface area contributed by atoms with Crippen molar-refractivity contribution in [3.05, 3.63) is 60.7 Å². The molecule has 0 unspecified atom stereocenters. The molecular formula is C16H14N2O5S. The molecule has 2 aromatic rings. The molecular weight excluding hydrogens is 332 g/mol. The largest absolute Gasteiger partial charge is 0.362 e. The summed E-state index contributed by atoms with van der Waals surface area (Å²) in [6.45, 7) is 4.92. The molecule has 124 valence electrons. The number of carbonyl (C=O) groups excluding carboxylic acids is 1. The first-order chi connectivity index (χ1) is 11.3. The van der Waals surface area contributed by atoms with Crippen molar-refractivity contribution in [3.63, 3.8) is 0 Å². The molecule has 1 N–H and O–H groups in total. The molecule has 0 fully saturated rings. The van der Waals surface area contributed by atoms with Crippen molar-refractivity contribution in [3.8, 4) is 11.1 Å². The highest BCUT2D eigenvalue weighted by Gasteiger charge is 2.09. The topological polar surface area (TPSA) is 105 Å². The highest BCUT2D eigenvalue weighted by molar-refractivity contribution is 7.85. The van der Waals surface area contributed by atoms with Crippen molar-refractivity contribution in [2.45, 2.75) is 11.8 Å². The molecule has 0 aliphatic carbocycles. The van der Waals surface area contributed by atoms with Crippen molar-refractivity contribution in [1.82, 2.24) is 0 Å². The Balaban J connectivity index is 2.10. The lowest BCUT2D eigenvalue weighted by Gasteiger charge is -2.03. The number of benzene rings is 2. The summed E-state index contributed by atoms with van der Waals surface area (Å²) in [6, 6.07) is 12.6. The van der Waals surface area contributed by atoms with E-state index in [0.717, 1.165) is 11.1 Å². The van der Waals surface area contributed by atoms with E-state index in [0.29, 0.717) is 5.69 Å². The van der Waals surface area contributed by atoms with E-state index in [9.17, 15) is 13.2 Å². The molecule has 0 heterocycles. The van der Waals surface area contributed by atoms with Crippen LogP contribution < -0.4 is 0 Å². The predicted molar refractivity (Wildman–Crippen MR) is 87.1 cm³/mol. The summed E-state index contributed by atoms with van der Waals surface area (Å²) in [7, 11) is -4.21.